The van der Waals surface area contributed by atoms with Crippen molar-refractivity contribution in [1.29, 1.82) is 5.26 Å². The van der Waals surface area contributed by atoms with Gasteiger partial charge in [-0.3, -0.25) is 0 Å². The Bertz CT molecular complexity index is 1070. The molecule has 0 atom stereocenters. The highest BCUT2D eigenvalue weighted by atomic mass is 16.5. The molecule has 0 fully saturated rings. The molecule has 1 heterocycles. The van der Waals surface area contributed by atoms with Crippen molar-refractivity contribution in [3.63, 3.8) is 0 Å². The van der Waals surface area contributed by atoms with Gasteiger partial charge >= 0.3 is 11.6 Å². The van der Waals surface area contributed by atoms with E-state index in [-0.39, 0.29) is 5.56 Å². The summed E-state index contributed by atoms with van der Waals surface area (Å²) in [6, 6.07) is 13.1. The van der Waals surface area contributed by atoms with Crippen LogP contribution in [0.15, 0.2) is 51.7 Å². The quantitative estimate of drug-likeness (QED) is 0.414. The number of hydrogen-bond acceptors (Lipinski definition) is 5. The Hall–Kier alpha value is -3.39. The number of hydrogen-bond donors (Lipinski definition) is 0. The number of nitrogens with zero attached hydrogens (tertiary/aromatic N) is 1. The molecule has 5 nitrogen and oxygen atoms in total. The normalized spacial score (nSPS) is 10.4. The monoisotopic (exact) mass is 333 g/mol. The summed E-state index contributed by atoms with van der Waals surface area (Å²) in [5.41, 5.74) is 2.22. The Kier molecular flexibility index (Phi) is 4.36. The SMILES string of the molecule is CCc1cc2c(C)cc(=O)oc2cc1OC(=O)c1cccc(C#N)c1. The zero-order chi connectivity index (χ0) is 18.0. The maximum absolute atomic E-state index is 12.4. The van der Waals surface area contributed by atoms with E-state index in [4.69, 9.17) is 14.4 Å². The molecule has 0 N–H and O–H groups in total. The van der Waals surface area contributed by atoms with Gasteiger partial charge in [0.15, 0.2) is 0 Å². The number of aryl methyl sites for hydroxylation is 2. The molecule has 2 aromatic carbocycles. The third-order valence-electron chi connectivity index (χ3n) is 3.94. The third kappa shape index (κ3) is 3.29. The minimum absolute atomic E-state index is 0.284. The summed E-state index contributed by atoms with van der Waals surface area (Å²) >= 11 is 0. The van der Waals surface area contributed by atoms with Crippen molar-refractivity contribution in [2.45, 2.75) is 20.3 Å². The lowest BCUT2D eigenvalue weighted by atomic mass is 10.1. The van der Waals surface area contributed by atoms with Gasteiger partial charge in [-0.25, -0.2) is 9.59 Å². The first-order chi connectivity index (χ1) is 12.0. The summed E-state index contributed by atoms with van der Waals surface area (Å²) in [6.07, 6.45) is 0.648. The van der Waals surface area contributed by atoms with Gasteiger partial charge in [-0.2, -0.15) is 5.26 Å². The Morgan fingerprint density at radius 1 is 1.24 bits per heavy atom. The highest BCUT2D eigenvalue weighted by Crippen LogP contribution is 2.28. The van der Waals surface area contributed by atoms with Crippen LogP contribution in [0.1, 0.15) is 34.0 Å². The van der Waals surface area contributed by atoms with Crippen molar-refractivity contribution in [1.82, 2.24) is 0 Å². The smallest absolute Gasteiger partial charge is 0.343 e. The largest absolute Gasteiger partial charge is 0.423 e. The zero-order valence-corrected chi connectivity index (χ0v) is 13.8. The fourth-order valence-electron chi connectivity index (χ4n) is 2.64. The molecule has 124 valence electrons. The molecule has 1 aromatic heterocycles. The number of fused-ring (bicyclic) bond motifs is 1. The highest BCUT2D eigenvalue weighted by Gasteiger charge is 2.14. The van der Waals surface area contributed by atoms with Gasteiger partial charge in [0.1, 0.15) is 11.3 Å². The predicted octanol–water partition coefficient (Wildman–Crippen LogP) is 3.75. The maximum Gasteiger partial charge on any atom is 0.343 e. The molecule has 0 aliphatic heterocycles. The van der Waals surface area contributed by atoms with Crippen LogP contribution in [0.25, 0.3) is 11.0 Å². The molecule has 0 unspecified atom stereocenters. The Morgan fingerprint density at radius 2 is 2.04 bits per heavy atom. The molecular formula is C20H15NO4. The van der Waals surface area contributed by atoms with Crippen LogP contribution in [0.3, 0.4) is 0 Å². The average molecular weight is 333 g/mol. The van der Waals surface area contributed by atoms with Crippen LogP contribution in [0.4, 0.5) is 0 Å². The van der Waals surface area contributed by atoms with Gasteiger partial charge in [-0.1, -0.05) is 13.0 Å². The first-order valence-electron chi connectivity index (χ1n) is 7.81. The van der Waals surface area contributed by atoms with Crippen LogP contribution in [0, 0.1) is 18.3 Å². The summed E-state index contributed by atoms with van der Waals surface area (Å²) in [5.74, 6) is -0.225. The van der Waals surface area contributed by atoms with Gasteiger partial charge in [0.2, 0.25) is 0 Å². The van der Waals surface area contributed by atoms with Crippen LogP contribution in [0.2, 0.25) is 0 Å². The van der Waals surface area contributed by atoms with Crippen molar-refractivity contribution in [2.75, 3.05) is 0 Å². The minimum atomic E-state index is -0.568. The predicted molar refractivity (Wildman–Crippen MR) is 92.7 cm³/mol. The van der Waals surface area contributed by atoms with Gasteiger partial charge in [-0.05, 0) is 48.7 Å². The molecule has 0 radical (unpaired) electrons. The molecule has 0 aliphatic rings. The molecule has 0 saturated carbocycles. The third-order valence-corrected chi connectivity index (χ3v) is 3.94. The summed E-state index contributed by atoms with van der Waals surface area (Å²) in [7, 11) is 0. The van der Waals surface area contributed by atoms with Crippen molar-refractivity contribution in [3.8, 4) is 11.8 Å². The summed E-state index contributed by atoms with van der Waals surface area (Å²) in [5, 5.41) is 9.75. The molecule has 0 aliphatic carbocycles. The van der Waals surface area contributed by atoms with E-state index in [9.17, 15) is 9.59 Å². The minimum Gasteiger partial charge on any atom is -0.423 e. The van der Waals surface area contributed by atoms with Crippen molar-refractivity contribution in [2.24, 2.45) is 0 Å². The van der Waals surface area contributed by atoms with Gasteiger partial charge < -0.3 is 9.15 Å². The fraction of sp³-hybridized carbons (Fsp3) is 0.150. The molecule has 5 heteroatoms. The van der Waals surface area contributed by atoms with Crippen LogP contribution < -0.4 is 10.4 Å². The van der Waals surface area contributed by atoms with E-state index in [1.807, 2.05) is 26.0 Å². The van der Waals surface area contributed by atoms with E-state index < -0.39 is 11.6 Å². The first kappa shape index (κ1) is 16.5. The van der Waals surface area contributed by atoms with E-state index in [1.165, 1.54) is 12.1 Å². The van der Waals surface area contributed by atoms with Crippen LogP contribution in [-0.2, 0) is 6.42 Å². The molecule has 0 amide bonds. The summed E-state index contributed by atoms with van der Waals surface area (Å²) in [4.78, 5) is 24.0. The Morgan fingerprint density at radius 3 is 2.76 bits per heavy atom. The lowest BCUT2D eigenvalue weighted by Gasteiger charge is -2.11. The number of nitriles is 1. The number of carbonyl (C=O) groups is 1. The fourth-order valence-corrected chi connectivity index (χ4v) is 2.64. The first-order valence-corrected chi connectivity index (χ1v) is 7.81. The number of benzene rings is 2. The second kappa shape index (κ2) is 6.62. The van der Waals surface area contributed by atoms with Gasteiger partial charge in [-0.15, -0.1) is 0 Å². The maximum atomic E-state index is 12.4. The summed E-state index contributed by atoms with van der Waals surface area (Å²) < 4.78 is 10.7. The molecule has 3 rings (SSSR count). The average Bonchev–Trinajstić information content (AvgIpc) is 2.61. The van der Waals surface area contributed by atoms with E-state index in [0.29, 0.717) is 23.3 Å². The number of esters is 1. The molecule has 0 saturated heterocycles. The Labute approximate surface area is 144 Å². The summed E-state index contributed by atoms with van der Waals surface area (Å²) in [6.45, 7) is 3.78. The topological polar surface area (TPSA) is 80.3 Å². The van der Waals surface area contributed by atoms with E-state index >= 15 is 0 Å². The van der Waals surface area contributed by atoms with Crippen molar-refractivity contribution >= 4 is 16.9 Å². The lowest BCUT2D eigenvalue weighted by molar-refractivity contribution is 0.0733. The Balaban J connectivity index is 2.04. The second-order valence-corrected chi connectivity index (χ2v) is 5.64. The standard InChI is InChI=1S/C20H15NO4/c1-3-14-9-16-12(2)7-19(22)24-18(16)10-17(14)25-20(23)15-6-4-5-13(8-15)11-21/h4-10H,3H2,1-2H3. The molecule has 3 aromatic rings. The van der Waals surface area contributed by atoms with Crippen LogP contribution in [0.5, 0.6) is 5.75 Å². The zero-order valence-electron chi connectivity index (χ0n) is 13.8. The molecular weight excluding hydrogens is 318 g/mol. The molecule has 0 bridgehead atoms. The van der Waals surface area contributed by atoms with Crippen molar-refractivity contribution in [3.05, 3.63) is 75.1 Å². The molecule has 25 heavy (non-hydrogen) atoms. The number of carbonyl (C=O) groups excluding carboxylic acids is 1. The van der Waals surface area contributed by atoms with Gasteiger partial charge in [0.05, 0.1) is 17.2 Å². The van der Waals surface area contributed by atoms with Gasteiger partial charge in [0.25, 0.3) is 0 Å². The van der Waals surface area contributed by atoms with E-state index in [0.717, 1.165) is 16.5 Å². The number of ether oxygens (including phenoxy) is 1. The molecule has 0 spiro atoms. The highest BCUT2D eigenvalue weighted by molar-refractivity contribution is 5.92. The van der Waals surface area contributed by atoms with Crippen molar-refractivity contribution < 1.29 is 13.9 Å². The number of rotatable bonds is 3. The van der Waals surface area contributed by atoms with E-state index in [1.54, 1.807) is 24.3 Å². The van der Waals surface area contributed by atoms with Gasteiger partial charge in [0, 0.05) is 17.5 Å². The second-order valence-electron chi connectivity index (χ2n) is 5.64. The van der Waals surface area contributed by atoms with Crippen LogP contribution in [-0.4, -0.2) is 5.97 Å². The lowest BCUT2D eigenvalue weighted by Crippen LogP contribution is -2.10. The van der Waals surface area contributed by atoms with Crippen LogP contribution >= 0.6 is 0 Å². The van der Waals surface area contributed by atoms with E-state index in [2.05, 4.69) is 0 Å².